The molecular formula is C19H24N2O. The van der Waals surface area contributed by atoms with E-state index in [0.717, 1.165) is 25.9 Å². The van der Waals surface area contributed by atoms with Crippen molar-refractivity contribution in [2.24, 2.45) is 11.8 Å². The molecule has 0 spiro atoms. The molecule has 1 aliphatic carbocycles. The first-order chi connectivity index (χ1) is 10.7. The normalized spacial score (nSPS) is 20.5. The number of hydrogen-bond acceptors (Lipinski definition) is 2. The highest BCUT2D eigenvalue weighted by atomic mass is 16.2. The van der Waals surface area contributed by atoms with E-state index in [4.69, 9.17) is 5.26 Å². The van der Waals surface area contributed by atoms with Crippen LogP contribution in [0, 0.1) is 30.1 Å². The largest absolute Gasteiger partial charge is 0.343 e. The Kier molecular flexibility index (Phi) is 4.47. The number of likely N-dealkylation sites (tertiary alicyclic amines) is 1. The van der Waals surface area contributed by atoms with Gasteiger partial charge >= 0.3 is 0 Å². The fourth-order valence-corrected chi connectivity index (χ4v) is 3.44. The first-order valence-corrected chi connectivity index (χ1v) is 8.41. The minimum absolute atomic E-state index is 0.139. The van der Waals surface area contributed by atoms with Gasteiger partial charge in [0.1, 0.15) is 0 Å². The maximum absolute atomic E-state index is 12.6. The summed E-state index contributed by atoms with van der Waals surface area (Å²) in [5, 5.41) is 8.96. The smallest absolute Gasteiger partial charge is 0.223 e. The molecule has 1 atom stereocenters. The molecule has 0 bridgehead atoms. The molecule has 2 fully saturated rings. The van der Waals surface area contributed by atoms with E-state index in [1.54, 1.807) is 0 Å². The summed E-state index contributed by atoms with van der Waals surface area (Å²) >= 11 is 0. The molecule has 3 nitrogen and oxygen atoms in total. The molecule has 1 saturated heterocycles. The van der Waals surface area contributed by atoms with Gasteiger partial charge < -0.3 is 4.90 Å². The van der Waals surface area contributed by atoms with Gasteiger partial charge in [-0.25, -0.2) is 0 Å². The van der Waals surface area contributed by atoms with Crippen molar-refractivity contribution in [3.63, 3.8) is 0 Å². The van der Waals surface area contributed by atoms with Crippen LogP contribution in [0.25, 0.3) is 0 Å². The van der Waals surface area contributed by atoms with Crippen LogP contribution in [-0.2, 0) is 4.79 Å². The predicted molar refractivity (Wildman–Crippen MR) is 86.2 cm³/mol. The maximum Gasteiger partial charge on any atom is 0.223 e. The standard InChI is InChI=1S/C19H24N2O/c1-14-2-4-16(5-3-14)18(17-6-7-17)12-19(22)21-10-8-15(13-20)9-11-21/h2-5,15,17-18H,6-12H2,1H3. The monoisotopic (exact) mass is 296 g/mol. The maximum atomic E-state index is 12.6. The molecule has 1 aromatic carbocycles. The zero-order valence-electron chi connectivity index (χ0n) is 13.3. The Morgan fingerprint density at radius 3 is 2.41 bits per heavy atom. The van der Waals surface area contributed by atoms with Gasteiger partial charge in [0.05, 0.1) is 6.07 Å². The lowest BCUT2D eigenvalue weighted by atomic mass is 9.89. The topological polar surface area (TPSA) is 44.1 Å². The summed E-state index contributed by atoms with van der Waals surface area (Å²) in [6.45, 7) is 3.60. The minimum Gasteiger partial charge on any atom is -0.343 e. The van der Waals surface area contributed by atoms with E-state index in [-0.39, 0.29) is 11.8 Å². The number of amides is 1. The molecule has 1 aliphatic heterocycles. The van der Waals surface area contributed by atoms with E-state index < -0.39 is 0 Å². The van der Waals surface area contributed by atoms with Crippen LogP contribution in [0.3, 0.4) is 0 Å². The molecule has 1 unspecified atom stereocenters. The first kappa shape index (κ1) is 15.1. The summed E-state index contributed by atoms with van der Waals surface area (Å²) in [6, 6.07) is 11.0. The van der Waals surface area contributed by atoms with E-state index >= 15 is 0 Å². The molecule has 3 heteroatoms. The molecule has 22 heavy (non-hydrogen) atoms. The van der Waals surface area contributed by atoms with Gasteiger partial charge in [-0.3, -0.25) is 4.79 Å². The number of carbonyl (C=O) groups is 1. The van der Waals surface area contributed by atoms with E-state index in [1.807, 2.05) is 4.90 Å². The van der Waals surface area contributed by atoms with Gasteiger partial charge in [-0.2, -0.15) is 5.26 Å². The van der Waals surface area contributed by atoms with Crippen molar-refractivity contribution >= 4 is 5.91 Å². The van der Waals surface area contributed by atoms with Crippen LogP contribution >= 0.6 is 0 Å². The third-order valence-corrected chi connectivity index (χ3v) is 5.12. The highest BCUT2D eigenvalue weighted by Crippen LogP contribution is 2.44. The van der Waals surface area contributed by atoms with Crippen LogP contribution in [0.4, 0.5) is 0 Å². The number of benzene rings is 1. The van der Waals surface area contributed by atoms with Gasteiger partial charge in [-0.05, 0) is 50.0 Å². The molecule has 3 rings (SSSR count). The van der Waals surface area contributed by atoms with E-state index in [1.165, 1.54) is 24.0 Å². The average molecular weight is 296 g/mol. The van der Waals surface area contributed by atoms with Gasteiger partial charge in [0, 0.05) is 25.4 Å². The Morgan fingerprint density at radius 2 is 1.86 bits per heavy atom. The van der Waals surface area contributed by atoms with Crippen molar-refractivity contribution < 1.29 is 4.79 Å². The zero-order valence-corrected chi connectivity index (χ0v) is 13.3. The van der Waals surface area contributed by atoms with Crippen LogP contribution in [0.1, 0.15) is 49.1 Å². The van der Waals surface area contributed by atoms with Crippen LogP contribution in [0.15, 0.2) is 24.3 Å². The third kappa shape index (κ3) is 3.50. The fraction of sp³-hybridized carbons (Fsp3) is 0.579. The number of rotatable bonds is 4. The second-order valence-corrected chi connectivity index (χ2v) is 6.84. The van der Waals surface area contributed by atoms with Gasteiger partial charge in [0.15, 0.2) is 0 Å². The molecule has 1 amide bonds. The molecule has 1 aromatic rings. The number of piperidine rings is 1. The van der Waals surface area contributed by atoms with Crippen molar-refractivity contribution in [2.45, 2.75) is 44.9 Å². The van der Waals surface area contributed by atoms with Crippen LogP contribution < -0.4 is 0 Å². The van der Waals surface area contributed by atoms with Crippen molar-refractivity contribution in [3.05, 3.63) is 35.4 Å². The first-order valence-electron chi connectivity index (χ1n) is 8.41. The summed E-state index contributed by atoms with van der Waals surface area (Å²) < 4.78 is 0. The van der Waals surface area contributed by atoms with Crippen molar-refractivity contribution in [2.75, 3.05) is 13.1 Å². The number of carbonyl (C=O) groups excluding carboxylic acids is 1. The molecule has 0 radical (unpaired) electrons. The van der Waals surface area contributed by atoms with E-state index in [0.29, 0.717) is 18.3 Å². The SMILES string of the molecule is Cc1ccc(C(CC(=O)N2CCC(C#N)CC2)C2CC2)cc1. The quantitative estimate of drug-likeness (QED) is 0.851. The Morgan fingerprint density at radius 1 is 1.23 bits per heavy atom. The highest BCUT2D eigenvalue weighted by molar-refractivity contribution is 5.77. The molecular weight excluding hydrogens is 272 g/mol. The summed E-state index contributed by atoms with van der Waals surface area (Å²) in [4.78, 5) is 14.6. The summed E-state index contributed by atoms with van der Waals surface area (Å²) in [5.41, 5.74) is 2.58. The molecule has 0 N–H and O–H groups in total. The number of nitriles is 1. The van der Waals surface area contributed by atoms with E-state index in [2.05, 4.69) is 37.3 Å². The Balaban J connectivity index is 1.63. The van der Waals surface area contributed by atoms with Crippen molar-refractivity contribution in [1.82, 2.24) is 4.90 Å². The molecule has 1 heterocycles. The zero-order chi connectivity index (χ0) is 15.5. The van der Waals surface area contributed by atoms with Crippen molar-refractivity contribution in [3.8, 4) is 6.07 Å². The fourth-order valence-electron chi connectivity index (χ4n) is 3.44. The molecule has 116 valence electrons. The average Bonchev–Trinajstić information content (AvgIpc) is 3.38. The van der Waals surface area contributed by atoms with Crippen LogP contribution in [0.2, 0.25) is 0 Å². The predicted octanol–water partition coefficient (Wildman–Crippen LogP) is 3.64. The van der Waals surface area contributed by atoms with E-state index in [9.17, 15) is 4.79 Å². The summed E-state index contributed by atoms with van der Waals surface area (Å²) in [7, 11) is 0. The summed E-state index contributed by atoms with van der Waals surface area (Å²) in [5.74, 6) is 1.47. The highest BCUT2D eigenvalue weighted by Gasteiger charge is 2.35. The van der Waals surface area contributed by atoms with Gasteiger partial charge in [-0.1, -0.05) is 29.8 Å². The Labute approximate surface area is 132 Å². The molecule has 1 saturated carbocycles. The van der Waals surface area contributed by atoms with Crippen molar-refractivity contribution in [1.29, 1.82) is 5.26 Å². The molecule has 2 aliphatic rings. The lowest BCUT2D eigenvalue weighted by molar-refractivity contribution is -0.132. The Hall–Kier alpha value is -1.82. The number of nitrogens with zero attached hydrogens (tertiary/aromatic N) is 2. The second-order valence-electron chi connectivity index (χ2n) is 6.84. The second kappa shape index (κ2) is 6.52. The lowest BCUT2D eigenvalue weighted by Crippen LogP contribution is -2.38. The lowest BCUT2D eigenvalue weighted by Gasteiger charge is -2.30. The minimum atomic E-state index is 0.139. The van der Waals surface area contributed by atoms with Crippen LogP contribution in [0.5, 0.6) is 0 Å². The molecule has 0 aromatic heterocycles. The van der Waals surface area contributed by atoms with Gasteiger partial charge in [0.2, 0.25) is 5.91 Å². The van der Waals surface area contributed by atoms with Gasteiger partial charge in [-0.15, -0.1) is 0 Å². The number of aryl methyl sites for hydroxylation is 1. The number of hydrogen-bond donors (Lipinski definition) is 0. The Bertz CT molecular complexity index is 560. The third-order valence-electron chi connectivity index (χ3n) is 5.12. The van der Waals surface area contributed by atoms with Gasteiger partial charge in [0.25, 0.3) is 0 Å². The van der Waals surface area contributed by atoms with Crippen LogP contribution in [-0.4, -0.2) is 23.9 Å². The summed E-state index contributed by atoms with van der Waals surface area (Å²) in [6.07, 6.45) is 4.80.